The molecular formula is C22H22N2O3. The molecule has 0 radical (unpaired) electrons. The number of hydrogen-bond acceptors (Lipinski definition) is 3. The van der Waals surface area contributed by atoms with Crippen LogP contribution in [0.1, 0.15) is 5.56 Å². The Labute approximate surface area is 158 Å². The Bertz CT molecular complexity index is 949. The van der Waals surface area contributed by atoms with Gasteiger partial charge in [0, 0.05) is 32.7 Å². The van der Waals surface area contributed by atoms with Gasteiger partial charge < -0.3 is 14.7 Å². The molecule has 0 saturated carbocycles. The smallest absolute Gasteiger partial charge is 0.407 e. The van der Waals surface area contributed by atoms with E-state index in [2.05, 4.69) is 35.2 Å². The number of amides is 1. The molecule has 3 aromatic rings. The first-order chi connectivity index (χ1) is 13.2. The minimum Gasteiger partial charge on any atom is -0.465 e. The third-order valence-corrected chi connectivity index (χ3v) is 4.90. The zero-order valence-electron chi connectivity index (χ0n) is 15.0. The lowest BCUT2D eigenvalue weighted by Crippen LogP contribution is -2.47. The van der Waals surface area contributed by atoms with E-state index in [0.29, 0.717) is 13.1 Å². The Balaban J connectivity index is 1.42. The van der Waals surface area contributed by atoms with Gasteiger partial charge in [-0.3, -0.25) is 4.90 Å². The van der Waals surface area contributed by atoms with E-state index in [4.69, 9.17) is 9.84 Å². The van der Waals surface area contributed by atoms with E-state index in [-0.39, 0.29) is 0 Å². The SMILES string of the molecule is O=C(O)N1CCN(Cc2cccc(Oc3ccc4ccccc4c3)c2)CC1. The number of carbonyl (C=O) groups is 1. The molecule has 0 bridgehead atoms. The third kappa shape index (κ3) is 4.20. The van der Waals surface area contributed by atoms with E-state index in [1.165, 1.54) is 10.3 Å². The van der Waals surface area contributed by atoms with Crippen LogP contribution in [0.4, 0.5) is 4.79 Å². The fraction of sp³-hybridized carbons (Fsp3) is 0.227. The highest BCUT2D eigenvalue weighted by Crippen LogP contribution is 2.26. The number of ether oxygens (including phenoxy) is 1. The molecule has 5 heteroatoms. The van der Waals surface area contributed by atoms with Crippen LogP contribution < -0.4 is 4.74 Å². The van der Waals surface area contributed by atoms with Gasteiger partial charge in [-0.1, -0.05) is 42.5 Å². The summed E-state index contributed by atoms with van der Waals surface area (Å²) in [6, 6.07) is 22.4. The lowest BCUT2D eigenvalue weighted by atomic mass is 10.1. The van der Waals surface area contributed by atoms with Crippen molar-refractivity contribution in [1.82, 2.24) is 9.80 Å². The number of nitrogens with zero attached hydrogens (tertiary/aromatic N) is 2. The molecule has 0 atom stereocenters. The third-order valence-electron chi connectivity index (χ3n) is 4.90. The molecule has 27 heavy (non-hydrogen) atoms. The average Bonchev–Trinajstić information content (AvgIpc) is 2.69. The number of piperazine rings is 1. The van der Waals surface area contributed by atoms with E-state index >= 15 is 0 Å². The molecule has 0 spiro atoms. The molecule has 5 nitrogen and oxygen atoms in total. The van der Waals surface area contributed by atoms with E-state index < -0.39 is 6.09 Å². The lowest BCUT2D eigenvalue weighted by Gasteiger charge is -2.33. The topological polar surface area (TPSA) is 53.0 Å². The van der Waals surface area contributed by atoms with E-state index in [9.17, 15) is 4.79 Å². The van der Waals surface area contributed by atoms with Gasteiger partial charge in [0.05, 0.1) is 0 Å². The highest BCUT2D eigenvalue weighted by Gasteiger charge is 2.20. The Kier molecular flexibility index (Phi) is 4.94. The molecule has 0 unspecified atom stereocenters. The van der Waals surface area contributed by atoms with Gasteiger partial charge in [0.15, 0.2) is 0 Å². The molecule has 4 rings (SSSR count). The van der Waals surface area contributed by atoms with Gasteiger partial charge in [0.2, 0.25) is 0 Å². The second-order valence-corrected chi connectivity index (χ2v) is 6.80. The summed E-state index contributed by atoms with van der Waals surface area (Å²) in [5.74, 6) is 1.63. The van der Waals surface area contributed by atoms with Crippen molar-refractivity contribution < 1.29 is 14.6 Å². The quantitative estimate of drug-likeness (QED) is 0.746. The monoisotopic (exact) mass is 362 g/mol. The summed E-state index contributed by atoms with van der Waals surface area (Å²) in [6.07, 6.45) is -0.833. The van der Waals surface area contributed by atoms with Gasteiger partial charge >= 0.3 is 6.09 Å². The zero-order chi connectivity index (χ0) is 18.6. The van der Waals surface area contributed by atoms with Gasteiger partial charge in [0.25, 0.3) is 0 Å². The maximum atomic E-state index is 11.0. The van der Waals surface area contributed by atoms with Crippen LogP contribution in [0.25, 0.3) is 10.8 Å². The summed E-state index contributed by atoms with van der Waals surface area (Å²) in [5.41, 5.74) is 1.16. The van der Waals surface area contributed by atoms with Crippen molar-refractivity contribution in [2.75, 3.05) is 26.2 Å². The van der Waals surface area contributed by atoms with Crippen LogP contribution in [0.5, 0.6) is 11.5 Å². The zero-order valence-corrected chi connectivity index (χ0v) is 15.0. The van der Waals surface area contributed by atoms with Crippen molar-refractivity contribution in [3.05, 3.63) is 72.3 Å². The van der Waals surface area contributed by atoms with Crippen molar-refractivity contribution >= 4 is 16.9 Å². The fourth-order valence-electron chi connectivity index (χ4n) is 3.43. The summed E-state index contributed by atoms with van der Waals surface area (Å²) in [7, 11) is 0. The lowest BCUT2D eigenvalue weighted by molar-refractivity contribution is 0.103. The average molecular weight is 362 g/mol. The van der Waals surface area contributed by atoms with Crippen molar-refractivity contribution in [1.29, 1.82) is 0 Å². The van der Waals surface area contributed by atoms with Gasteiger partial charge in [-0.2, -0.15) is 0 Å². The first-order valence-corrected chi connectivity index (χ1v) is 9.13. The van der Waals surface area contributed by atoms with Crippen molar-refractivity contribution in [2.45, 2.75) is 6.54 Å². The molecular weight excluding hydrogens is 340 g/mol. The highest BCUT2D eigenvalue weighted by atomic mass is 16.5. The molecule has 1 fully saturated rings. The number of benzene rings is 3. The van der Waals surface area contributed by atoms with E-state index in [0.717, 1.165) is 42.1 Å². The standard InChI is InChI=1S/C22H22N2O3/c25-22(26)24-12-10-23(11-13-24)16-17-4-3-7-20(14-17)27-21-9-8-18-5-1-2-6-19(18)15-21/h1-9,14-15H,10-13,16H2,(H,25,26). The first kappa shape index (κ1) is 17.4. The van der Waals surface area contributed by atoms with Crippen LogP contribution >= 0.6 is 0 Å². The summed E-state index contributed by atoms with van der Waals surface area (Å²) < 4.78 is 6.06. The molecule has 1 saturated heterocycles. The van der Waals surface area contributed by atoms with Crippen LogP contribution in [0, 0.1) is 0 Å². The van der Waals surface area contributed by atoms with Gasteiger partial charge in [-0.15, -0.1) is 0 Å². The second kappa shape index (κ2) is 7.68. The number of rotatable bonds is 4. The molecule has 1 aliphatic heterocycles. The molecule has 1 N–H and O–H groups in total. The maximum Gasteiger partial charge on any atom is 0.407 e. The molecule has 138 valence electrons. The maximum absolute atomic E-state index is 11.0. The van der Waals surface area contributed by atoms with Crippen LogP contribution in [-0.4, -0.2) is 47.2 Å². The Morgan fingerprint density at radius 1 is 0.852 bits per heavy atom. The highest BCUT2D eigenvalue weighted by molar-refractivity contribution is 5.83. The van der Waals surface area contributed by atoms with Crippen molar-refractivity contribution in [3.63, 3.8) is 0 Å². The molecule has 1 amide bonds. The Morgan fingerprint density at radius 3 is 2.37 bits per heavy atom. The Hall–Kier alpha value is -3.05. The molecule has 0 aliphatic carbocycles. The summed E-state index contributed by atoms with van der Waals surface area (Å²) in [4.78, 5) is 14.8. The Morgan fingerprint density at radius 2 is 1.59 bits per heavy atom. The fourth-order valence-corrected chi connectivity index (χ4v) is 3.43. The minimum atomic E-state index is -0.833. The number of fused-ring (bicyclic) bond motifs is 1. The summed E-state index contributed by atoms with van der Waals surface area (Å²) >= 11 is 0. The van der Waals surface area contributed by atoms with Crippen molar-refractivity contribution in [3.8, 4) is 11.5 Å². The predicted molar refractivity (Wildman–Crippen MR) is 105 cm³/mol. The normalized spacial score (nSPS) is 15.0. The first-order valence-electron chi connectivity index (χ1n) is 9.13. The van der Waals surface area contributed by atoms with Crippen LogP contribution in [0.15, 0.2) is 66.7 Å². The van der Waals surface area contributed by atoms with Crippen LogP contribution in [0.2, 0.25) is 0 Å². The van der Waals surface area contributed by atoms with Gasteiger partial charge in [-0.25, -0.2) is 4.79 Å². The molecule has 1 heterocycles. The summed E-state index contributed by atoms with van der Waals surface area (Å²) in [6.45, 7) is 3.41. The van der Waals surface area contributed by atoms with Gasteiger partial charge in [0.1, 0.15) is 11.5 Å². The minimum absolute atomic E-state index is 0.558. The number of carboxylic acid groups (broad SMARTS) is 1. The molecule has 0 aromatic heterocycles. The number of hydrogen-bond donors (Lipinski definition) is 1. The van der Waals surface area contributed by atoms with Crippen LogP contribution in [-0.2, 0) is 6.54 Å². The molecule has 3 aromatic carbocycles. The largest absolute Gasteiger partial charge is 0.465 e. The van der Waals surface area contributed by atoms with Gasteiger partial charge in [-0.05, 0) is 40.6 Å². The van der Waals surface area contributed by atoms with Crippen molar-refractivity contribution in [2.24, 2.45) is 0 Å². The second-order valence-electron chi connectivity index (χ2n) is 6.80. The summed E-state index contributed by atoms with van der Waals surface area (Å²) in [5, 5.41) is 11.4. The predicted octanol–water partition coefficient (Wildman–Crippen LogP) is 4.43. The van der Waals surface area contributed by atoms with Crippen LogP contribution in [0.3, 0.4) is 0 Å². The van der Waals surface area contributed by atoms with E-state index in [1.54, 1.807) is 0 Å². The van der Waals surface area contributed by atoms with E-state index in [1.807, 2.05) is 36.4 Å². The molecule has 1 aliphatic rings.